The van der Waals surface area contributed by atoms with Crippen LogP contribution < -0.4 is 15.0 Å². The van der Waals surface area contributed by atoms with E-state index in [-0.39, 0.29) is 0 Å². The van der Waals surface area contributed by atoms with Crippen LogP contribution in [0.1, 0.15) is 5.56 Å². The highest BCUT2D eigenvalue weighted by atomic mass is 16.7. The van der Waals surface area contributed by atoms with Gasteiger partial charge >= 0.3 is 0 Å². The molecule has 0 amide bonds. The van der Waals surface area contributed by atoms with Crippen molar-refractivity contribution in [2.75, 3.05) is 13.9 Å². The molecule has 1 heterocycles. The number of nitrogens with one attached hydrogen (secondary N) is 1. The van der Waals surface area contributed by atoms with Gasteiger partial charge in [0, 0.05) is 6.54 Å². The second-order valence-electron chi connectivity index (χ2n) is 2.71. The second-order valence-corrected chi connectivity index (χ2v) is 2.71. The van der Waals surface area contributed by atoms with E-state index in [1.807, 2.05) is 18.2 Å². The molecule has 1 aromatic carbocycles. The molecule has 0 saturated carbocycles. The summed E-state index contributed by atoms with van der Waals surface area (Å²) in [6.07, 6.45) is 0. The lowest BCUT2D eigenvalue weighted by molar-refractivity contribution is 0.0867. The van der Waals surface area contributed by atoms with Gasteiger partial charge in [-0.2, -0.15) is 5.48 Å². The van der Waals surface area contributed by atoms with Gasteiger partial charge in [-0.15, -0.1) is 0 Å². The molecule has 0 bridgehead atoms. The number of rotatable bonds is 3. The summed E-state index contributed by atoms with van der Waals surface area (Å²) in [6.45, 7) is 0.976. The fraction of sp³-hybridized carbons (Fsp3) is 0.333. The third-order valence-corrected chi connectivity index (χ3v) is 1.86. The Balaban J connectivity index is 2.12. The Morgan fingerprint density at radius 1 is 1.38 bits per heavy atom. The van der Waals surface area contributed by atoms with Crippen molar-refractivity contribution in [1.29, 1.82) is 0 Å². The smallest absolute Gasteiger partial charge is 0.231 e. The maximum atomic E-state index is 5.23. The van der Waals surface area contributed by atoms with Crippen LogP contribution in [0.2, 0.25) is 0 Å². The van der Waals surface area contributed by atoms with Gasteiger partial charge in [0.1, 0.15) is 0 Å². The van der Waals surface area contributed by atoms with Crippen LogP contribution in [0.4, 0.5) is 0 Å². The maximum absolute atomic E-state index is 5.23. The van der Waals surface area contributed by atoms with Crippen LogP contribution >= 0.6 is 0 Å². The molecule has 4 heteroatoms. The molecule has 0 unspecified atom stereocenters. The quantitative estimate of drug-likeness (QED) is 0.708. The van der Waals surface area contributed by atoms with Crippen molar-refractivity contribution >= 4 is 0 Å². The van der Waals surface area contributed by atoms with Crippen LogP contribution in [0.5, 0.6) is 11.5 Å². The Labute approximate surface area is 76.4 Å². The van der Waals surface area contributed by atoms with Crippen LogP contribution in [-0.2, 0) is 11.4 Å². The molecule has 0 saturated heterocycles. The largest absolute Gasteiger partial charge is 0.454 e. The van der Waals surface area contributed by atoms with Crippen molar-refractivity contribution in [3.8, 4) is 11.5 Å². The van der Waals surface area contributed by atoms with Crippen molar-refractivity contribution in [2.24, 2.45) is 0 Å². The highest BCUT2D eigenvalue weighted by molar-refractivity contribution is 5.44. The molecule has 0 aromatic heterocycles. The Kier molecular flexibility index (Phi) is 2.33. The van der Waals surface area contributed by atoms with Gasteiger partial charge in [-0.25, -0.2) is 0 Å². The topological polar surface area (TPSA) is 39.7 Å². The minimum atomic E-state index is 0.316. The van der Waals surface area contributed by atoms with Crippen LogP contribution in [-0.4, -0.2) is 13.9 Å². The normalized spacial score (nSPS) is 13.3. The summed E-state index contributed by atoms with van der Waals surface area (Å²) in [7, 11) is 1.59. The van der Waals surface area contributed by atoms with Gasteiger partial charge in [-0.05, 0) is 17.7 Å². The monoisotopic (exact) mass is 181 g/mol. The van der Waals surface area contributed by atoms with E-state index in [0.717, 1.165) is 17.1 Å². The molecular formula is C9H11NO3. The molecular weight excluding hydrogens is 170 g/mol. The van der Waals surface area contributed by atoms with Gasteiger partial charge in [0.05, 0.1) is 7.11 Å². The lowest BCUT2D eigenvalue weighted by Gasteiger charge is -2.02. The minimum absolute atomic E-state index is 0.316. The number of hydrogen-bond donors (Lipinski definition) is 1. The van der Waals surface area contributed by atoms with Gasteiger partial charge in [0.25, 0.3) is 0 Å². The van der Waals surface area contributed by atoms with E-state index in [2.05, 4.69) is 5.48 Å². The Morgan fingerprint density at radius 2 is 2.23 bits per heavy atom. The van der Waals surface area contributed by atoms with E-state index < -0.39 is 0 Å². The Morgan fingerprint density at radius 3 is 3.08 bits per heavy atom. The lowest BCUT2D eigenvalue weighted by Crippen LogP contribution is -2.10. The molecule has 0 fully saturated rings. The summed E-state index contributed by atoms with van der Waals surface area (Å²) < 4.78 is 10.4. The van der Waals surface area contributed by atoms with Crippen molar-refractivity contribution in [3.63, 3.8) is 0 Å². The predicted octanol–water partition coefficient (Wildman–Crippen LogP) is 1.07. The van der Waals surface area contributed by atoms with Crippen LogP contribution in [0.15, 0.2) is 18.2 Å². The van der Waals surface area contributed by atoms with Crippen molar-refractivity contribution in [2.45, 2.75) is 6.54 Å². The van der Waals surface area contributed by atoms with E-state index >= 15 is 0 Å². The van der Waals surface area contributed by atoms with E-state index in [0.29, 0.717) is 13.3 Å². The first-order valence-corrected chi connectivity index (χ1v) is 4.04. The third kappa shape index (κ3) is 1.74. The van der Waals surface area contributed by atoms with Gasteiger partial charge in [-0.1, -0.05) is 6.07 Å². The molecule has 4 nitrogen and oxygen atoms in total. The standard InChI is InChI=1S/C9H11NO3/c1-11-10-5-7-2-3-8-9(4-7)13-6-12-8/h2-4,10H,5-6H2,1H3. The molecule has 1 aliphatic heterocycles. The first kappa shape index (κ1) is 8.34. The molecule has 2 rings (SSSR count). The summed E-state index contributed by atoms with van der Waals surface area (Å²) in [6, 6.07) is 5.81. The summed E-state index contributed by atoms with van der Waals surface area (Å²) in [5.74, 6) is 1.61. The molecule has 1 N–H and O–H groups in total. The summed E-state index contributed by atoms with van der Waals surface area (Å²) in [5.41, 5.74) is 3.86. The molecule has 1 aliphatic rings. The molecule has 13 heavy (non-hydrogen) atoms. The number of ether oxygens (including phenoxy) is 2. The highest BCUT2D eigenvalue weighted by Gasteiger charge is 2.12. The molecule has 1 aromatic rings. The Bertz CT molecular complexity index is 301. The fourth-order valence-corrected chi connectivity index (χ4v) is 1.21. The van der Waals surface area contributed by atoms with Crippen LogP contribution in [0, 0.1) is 0 Å². The van der Waals surface area contributed by atoms with Crippen molar-refractivity contribution in [1.82, 2.24) is 5.48 Å². The summed E-state index contributed by atoms with van der Waals surface area (Å²) in [4.78, 5) is 4.74. The molecule has 0 spiro atoms. The molecule has 0 aliphatic carbocycles. The lowest BCUT2D eigenvalue weighted by atomic mass is 10.2. The third-order valence-electron chi connectivity index (χ3n) is 1.86. The number of hydroxylamine groups is 1. The van der Waals surface area contributed by atoms with Gasteiger partial charge < -0.3 is 14.3 Å². The highest BCUT2D eigenvalue weighted by Crippen LogP contribution is 2.32. The van der Waals surface area contributed by atoms with E-state index in [4.69, 9.17) is 14.3 Å². The number of fused-ring (bicyclic) bond motifs is 1. The fourth-order valence-electron chi connectivity index (χ4n) is 1.21. The maximum Gasteiger partial charge on any atom is 0.231 e. The van der Waals surface area contributed by atoms with Gasteiger partial charge in [0.2, 0.25) is 6.79 Å². The van der Waals surface area contributed by atoms with E-state index in [9.17, 15) is 0 Å². The minimum Gasteiger partial charge on any atom is -0.454 e. The number of hydrogen-bond acceptors (Lipinski definition) is 4. The first-order valence-electron chi connectivity index (χ1n) is 4.04. The molecule has 0 atom stereocenters. The van der Waals surface area contributed by atoms with E-state index in [1.165, 1.54) is 0 Å². The van der Waals surface area contributed by atoms with Crippen LogP contribution in [0.3, 0.4) is 0 Å². The van der Waals surface area contributed by atoms with Gasteiger partial charge in [-0.3, -0.25) is 0 Å². The summed E-state index contributed by atoms with van der Waals surface area (Å²) in [5, 5.41) is 0. The molecule has 70 valence electrons. The number of benzene rings is 1. The molecule has 0 radical (unpaired) electrons. The second kappa shape index (κ2) is 3.64. The zero-order chi connectivity index (χ0) is 9.10. The zero-order valence-corrected chi connectivity index (χ0v) is 7.37. The average molecular weight is 181 g/mol. The van der Waals surface area contributed by atoms with E-state index in [1.54, 1.807) is 7.11 Å². The summed E-state index contributed by atoms with van der Waals surface area (Å²) >= 11 is 0. The Hall–Kier alpha value is -1.26. The average Bonchev–Trinajstić information content (AvgIpc) is 2.61. The van der Waals surface area contributed by atoms with Crippen molar-refractivity contribution in [3.05, 3.63) is 23.8 Å². The SMILES string of the molecule is CONCc1ccc2c(c1)OCO2. The van der Waals surface area contributed by atoms with Crippen LogP contribution in [0.25, 0.3) is 0 Å². The van der Waals surface area contributed by atoms with Crippen molar-refractivity contribution < 1.29 is 14.3 Å². The predicted molar refractivity (Wildman–Crippen MR) is 46.4 cm³/mol. The zero-order valence-electron chi connectivity index (χ0n) is 7.37. The first-order chi connectivity index (χ1) is 6.40. The van der Waals surface area contributed by atoms with Gasteiger partial charge in [0.15, 0.2) is 11.5 Å².